The minimum Gasteiger partial charge on any atom is -0.352 e. The number of piperidine rings is 1. The molecule has 0 aromatic heterocycles. The average molecular weight is 396 g/mol. The summed E-state index contributed by atoms with van der Waals surface area (Å²) in [6.45, 7) is 7.71. The van der Waals surface area contributed by atoms with Crippen molar-refractivity contribution in [1.29, 1.82) is 0 Å². The van der Waals surface area contributed by atoms with Crippen LogP contribution < -0.4 is 10.6 Å². The van der Waals surface area contributed by atoms with Crippen molar-refractivity contribution in [2.45, 2.75) is 50.8 Å². The summed E-state index contributed by atoms with van der Waals surface area (Å²) in [6, 6.07) is 6.27. The van der Waals surface area contributed by atoms with Crippen molar-refractivity contribution in [2.24, 2.45) is 5.92 Å². The number of sulfonamides is 1. The Kier molecular flexibility index (Phi) is 8.73. The largest absolute Gasteiger partial charge is 0.352 e. The van der Waals surface area contributed by atoms with Gasteiger partial charge in [-0.05, 0) is 75.4 Å². The van der Waals surface area contributed by atoms with Crippen molar-refractivity contribution in [2.75, 3.05) is 32.7 Å². The van der Waals surface area contributed by atoms with Crippen molar-refractivity contribution in [3.05, 3.63) is 29.8 Å². The molecule has 0 bridgehead atoms. The lowest BCUT2D eigenvalue weighted by atomic mass is 9.96. The third-order valence-corrected chi connectivity index (χ3v) is 6.85. The number of rotatable bonds is 10. The molecule has 152 valence electrons. The quantitative estimate of drug-likeness (QED) is 0.638. The first kappa shape index (κ1) is 21.9. The lowest BCUT2D eigenvalue weighted by Crippen LogP contribution is -2.33. The van der Waals surface area contributed by atoms with E-state index >= 15 is 0 Å². The van der Waals surface area contributed by atoms with E-state index in [0.717, 1.165) is 32.4 Å². The van der Waals surface area contributed by atoms with E-state index < -0.39 is 10.0 Å². The number of nitrogens with zero attached hydrogens (tertiary/aromatic N) is 1. The molecule has 27 heavy (non-hydrogen) atoms. The molecule has 1 aliphatic heterocycles. The van der Waals surface area contributed by atoms with E-state index in [1.165, 1.54) is 29.3 Å². The normalized spacial score (nSPS) is 17.8. The van der Waals surface area contributed by atoms with Gasteiger partial charge in [0.05, 0.1) is 4.90 Å². The van der Waals surface area contributed by atoms with Crippen molar-refractivity contribution in [3.63, 3.8) is 0 Å². The predicted octanol–water partition coefficient (Wildman–Crippen LogP) is 2.62. The van der Waals surface area contributed by atoms with Gasteiger partial charge in [0.15, 0.2) is 0 Å². The van der Waals surface area contributed by atoms with Crippen LogP contribution in [0.2, 0.25) is 0 Å². The molecule has 0 spiro atoms. The summed E-state index contributed by atoms with van der Waals surface area (Å²) < 4.78 is 27.0. The number of nitrogens with one attached hydrogen (secondary N) is 2. The molecule has 1 aliphatic rings. The molecule has 1 amide bonds. The number of hydrogen-bond acceptors (Lipinski definition) is 4. The van der Waals surface area contributed by atoms with E-state index in [0.29, 0.717) is 31.1 Å². The summed E-state index contributed by atoms with van der Waals surface area (Å²) in [7, 11) is -3.50. The number of carbonyl (C=O) groups is 1. The number of benzene rings is 1. The second-order valence-electron chi connectivity index (χ2n) is 7.19. The van der Waals surface area contributed by atoms with Crippen LogP contribution in [0, 0.1) is 5.92 Å². The summed E-state index contributed by atoms with van der Waals surface area (Å²) in [5, 5.41) is 6.32. The van der Waals surface area contributed by atoms with E-state index in [4.69, 9.17) is 0 Å². The smallest absolute Gasteiger partial charge is 0.251 e. The monoisotopic (exact) mass is 395 g/mol. The van der Waals surface area contributed by atoms with Gasteiger partial charge in [0.2, 0.25) is 10.0 Å². The van der Waals surface area contributed by atoms with Gasteiger partial charge in [-0.25, -0.2) is 8.42 Å². The third kappa shape index (κ3) is 6.30. The molecule has 1 aromatic rings. The fraction of sp³-hybridized carbons (Fsp3) is 0.650. The van der Waals surface area contributed by atoms with Gasteiger partial charge in [-0.1, -0.05) is 13.8 Å². The van der Waals surface area contributed by atoms with Gasteiger partial charge in [0.1, 0.15) is 0 Å². The standard InChI is InChI=1S/C20H33N3O3S/c1-3-14-23(15-4-2)27(25,26)19-9-7-18(8-10-19)20(24)22-13-11-17-6-5-12-21-16-17/h7-10,17,21H,3-6,11-16H2,1-2H3,(H,22,24). The first-order valence-corrected chi connectivity index (χ1v) is 11.5. The molecule has 6 nitrogen and oxygen atoms in total. The van der Waals surface area contributed by atoms with E-state index in [-0.39, 0.29) is 10.8 Å². The summed E-state index contributed by atoms with van der Waals surface area (Å²) in [6.07, 6.45) is 4.92. The summed E-state index contributed by atoms with van der Waals surface area (Å²) in [5.41, 5.74) is 0.494. The van der Waals surface area contributed by atoms with E-state index in [1.807, 2.05) is 13.8 Å². The molecule has 2 N–H and O–H groups in total. The summed E-state index contributed by atoms with van der Waals surface area (Å²) in [5.74, 6) is 0.469. The fourth-order valence-electron chi connectivity index (χ4n) is 3.44. The molecule has 1 atom stereocenters. The molecule has 1 saturated heterocycles. The van der Waals surface area contributed by atoms with Crippen LogP contribution in [0.4, 0.5) is 0 Å². The molecule has 1 fully saturated rings. The summed E-state index contributed by atoms with van der Waals surface area (Å²) >= 11 is 0. The van der Waals surface area contributed by atoms with Crippen molar-refractivity contribution in [3.8, 4) is 0 Å². The van der Waals surface area contributed by atoms with Crippen LogP contribution in [0.3, 0.4) is 0 Å². The van der Waals surface area contributed by atoms with Gasteiger partial charge in [-0.3, -0.25) is 4.79 Å². The molecule has 7 heteroatoms. The Morgan fingerprint density at radius 3 is 2.41 bits per heavy atom. The van der Waals surface area contributed by atoms with E-state index in [9.17, 15) is 13.2 Å². The number of carbonyl (C=O) groups excluding carboxylic acids is 1. The second kappa shape index (κ2) is 10.8. The Morgan fingerprint density at radius 1 is 1.19 bits per heavy atom. The van der Waals surface area contributed by atoms with Crippen molar-refractivity contribution in [1.82, 2.24) is 14.9 Å². The molecule has 2 rings (SSSR count). The van der Waals surface area contributed by atoms with Crippen molar-refractivity contribution < 1.29 is 13.2 Å². The van der Waals surface area contributed by atoms with Crippen LogP contribution in [-0.2, 0) is 10.0 Å². The predicted molar refractivity (Wildman–Crippen MR) is 108 cm³/mol. The van der Waals surface area contributed by atoms with Crippen molar-refractivity contribution >= 4 is 15.9 Å². The van der Waals surface area contributed by atoms with Gasteiger partial charge >= 0.3 is 0 Å². The molecule has 1 aromatic carbocycles. The Bertz CT molecular complexity index is 677. The van der Waals surface area contributed by atoms with E-state index in [1.54, 1.807) is 12.1 Å². The second-order valence-corrected chi connectivity index (χ2v) is 9.12. The Morgan fingerprint density at radius 2 is 1.85 bits per heavy atom. The van der Waals surface area contributed by atoms with E-state index in [2.05, 4.69) is 10.6 Å². The molecule has 1 heterocycles. The first-order chi connectivity index (χ1) is 13.0. The highest BCUT2D eigenvalue weighted by atomic mass is 32.2. The lowest BCUT2D eigenvalue weighted by Gasteiger charge is -2.22. The highest BCUT2D eigenvalue weighted by Gasteiger charge is 2.23. The Hall–Kier alpha value is -1.44. The van der Waals surface area contributed by atoms with Crippen LogP contribution in [0.25, 0.3) is 0 Å². The molecule has 1 unspecified atom stereocenters. The molecule has 0 radical (unpaired) electrons. The van der Waals surface area contributed by atoms with Gasteiger partial charge < -0.3 is 10.6 Å². The molecule has 0 aliphatic carbocycles. The van der Waals surface area contributed by atoms with Crippen LogP contribution in [0.5, 0.6) is 0 Å². The Labute approximate surface area is 163 Å². The summed E-state index contributed by atoms with van der Waals surface area (Å²) in [4.78, 5) is 12.5. The third-order valence-electron chi connectivity index (χ3n) is 4.94. The molecule has 0 saturated carbocycles. The number of hydrogen-bond donors (Lipinski definition) is 2. The fourth-order valence-corrected chi connectivity index (χ4v) is 5.06. The topological polar surface area (TPSA) is 78.5 Å². The van der Waals surface area contributed by atoms with Gasteiger partial charge in [0, 0.05) is 25.2 Å². The minimum absolute atomic E-state index is 0.151. The molecular formula is C20H33N3O3S. The van der Waals surface area contributed by atoms with Gasteiger partial charge in [-0.15, -0.1) is 0 Å². The average Bonchev–Trinajstić information content (AvgIpc) is 2.68. The zero-order valence-corrected chi connectivity index (χ0v) is 17.4. The van der Waals surface area contributed by atoms with Crippen LogP contribution in [-0.4, -0.2) is 51.4 Å². The molecular weight excluding hydrogens is 362 g/mol. The lowest BCUT2D eigenvalue weighted by molar-refractivity contribution is 0.0950. The van der Waals surface area contributed by atoms with Gasteiger partial charge in [-0.2, -0.15) is 4.31 Å². The highest BCUT2D eigenvalue weighted by molar-refractivity contribution is 7.89. The van der Waals surface area contributed by atoms with Crippen LogP contribution in [0.1, 0.15) is 56.3 Å². The SMILES string of the molecule is CCCN(CCC)S(=O)(=O)c1ccc(C(=O)NCCC2CCCNC2)cc1. The highest BCUT2D eigenvalue weighted by Crippen LogP contribution is 2.18. The zero-order chi connectivity index (χ0) is 19.7. The minimum atomic E-state index is -3.50. The maximum atomic E-state index is 12.8. The number of amides is 1. The first-order valence-electron chi connectivity index (χ1n) is 10.1. The zero-order valence-electron chi connectivity index (χ0n) is 16.5. The van der Waals surface area contributed by atoms with Gasteiger partial charge in [0.25, 0.3) is 5.91 Å². The van der Waals surface area contributed by atoms with Crippen LogP contribution >= 0.6 is 0 Å². The maximum Gasteiger partial charge on any atom is 0.251 e. The Balaban J connectivity index is 1.93. The maximum absolute atomic E-state index is 12.8. The van der Waals surface area contributed by atoms with Crippen LogP contribution in [0.15, 0.2) is 29.2 Å².